The summed E-state index contributed by atoms with van der Waals surface area (Å²) in [6, 6.07) is 5.74. The van der Waals surface area contributed by atoms with E-state index in [2.05, 4.69) is 19.8 Å². The Labute approximate surface area is 283 Å². The first-order valence-electron chi connectivity index (χ1n) is 14.5. The monoisotopic (exact) mass is 727 g/mol. The van der Waals surface area contributed by atoms with Gasteiger partial charge in [0.05, 0.1) is 22.3 Å². The zero-order chi connectivity index (χ0) is 33.5. The van der Waals surface area contributed by atoms with E-state index in [1.807, 2.05) is 0 Å². The molecular formula is C30H29Cl2F2N5O6S2. The van der Waals surface area contributed by atoms with Crippen LogP contribution < -0.4 is 9.47 Å². The topological polar surface area (TPSA) is 126 Å². The van der Waals surface area contributed by atoms with Gasteiger partial charge in [-0.15, -0.1) is 11.8 Å². The molecule has 1 aliphatic heterocycles. The number of nitrogens with zero attached hydrogens (tertiary/aromatic N) is 5. The minimum atomic E-state index is -4.18. The number of benzene rings is 1. The number of aryl methyl sites for hydroxylation is 2. The van der Waals surface area contributed by atoms with Gasteiger partial charge in [-0.05, 0) is 55.0 Å². The Balaban J connectivity index is 1.31. The number of carbonyl (C=O) groups is 1. The van der Waals surface area contributed by atoms with Crippen LogP contribution in [0.3, 0.4) is 0 Å². The molecule has 250 valence electrons. The van der Waals surface area contributed by atoms with Gasteiger partial charge in [0, 0.05) is 49.7 Å². The summed E-state index contributed by atoms with van der Waals surface area (Å²) in [5.41, 5.74) is 1.92. The van der Waals surface area contributed by atoms with Crippen LogP contribution in [-0.4, -0.2) is 69.3 Å². The van der Waals surface area contributed by atoms with E-state index in [9.17, 15) is 22.0 Å². The van der Waals surface area contributed by atoms with Crippen molar-refractivity contribution in [1.82, 2.24) is 24.1 Å². The highest BCUT2D eigenvalue weighted by Gasteiger charge is 2.42. The molecule has 0 radical (unpaired) electrons. The minimum Gasteiger partial charge on any atom is -0.489 e. The number of ether oxygens (including phenoxy) is 3. The molecular weight excluding hydrogens is 699 g/mol. The summed E-state index contributed by atoms with van der Waals surface area (Å²) < 4.78 is 73.3. The molecule has 1 aromatic carbocycles. The number of carbonyl (C=O) groups excluding carboxylic acids is 1. The summed E-state index contributed by atoms with van der Waals surface area (Å²) in [7, 11) is -2.47. The maximum atomic E-state index is 13.9. The molecule has 17 heteroatoms. The van der Waals surface area contributed by atoms with E-state index in [1.54, 1.807) is 18.7 Å². The third-order valence-electron chi connectivity index (χ3n) is 7.82. The fraction of sp³-hybridized carbons (Fsp3) is 0.400. The molecule has 1 saturated carbocycles. The zero-order valence-electron chi connectivity index (χ0n) is 25.1. The molecule has 1 aliphatic carbocycles. The number of halogens is 4. The molecule has 3 aromatic heterocycles. The number of esters is 1. The van der Waals surface area contributed by atoms with Crippen molar-refractivity contribution in [2.45, 2.75) is 49.2 Å². The fourth-order valence-corrected chi connectivity index (χ4v) is 8.76. The highest BCUT2D eigenvalue weighted by molar-refractivity contribution is 8.02. The van der Waals surface area contributed by atoms with Crippen molar-refractivity contribution in [3.05, 3.63) is 69.7 Å². The molecule has 47 heavy (non-hydrogen) atoms. The molecule has 0 spiro atoms. The number of rotatable bonds is 12. The number of hydrogen-bond donors (Lipinski definition) is 0. The van der Waals surface area contributed by atoms with Gasteiger partial charge in [0.1, 0.15) is 11.0 Å². The molecule has 0 N–H and O–H groups in total. The molecule has 1 saturated heterocycles. The van der Waals surface area contributed by atoms with Crippen LogP contribution in [0.15, 0.2) is 47.8 Å². The first-order valence-corrected chi connectivity index (χ1v) is 17.8. The number of hydrogen-bond acceptors (Lipinski definition) is 10. The Hall–Kier alpha value is -3.24. The highest BCUT2D eigenvalue weighted by Crippen LogP contribution is 2.39. The van der Waals surface area contributed by atoms with Crippen LogP contribution >= 0.6 is 35.0 Å². The van der Waals surface area contributed by atoms with Crippen molar-refractivity contribution < 1.29 is 36.2 Å². The number of pyridine rings is 2. The van der Waals surface area contributed by atoms with E-state index in [0.717, 1.165) is 28.9 Å². The molecule has 2 aliphatic rings. The maximum Gasteiger partial charge on any atom is 0.387 e. The Kier molecular flexibility index (Phi) is 9.81. The fourth-order valence-electron chi connectivity index (χ4n) is 5.22. The first kappa shape index (κ1) is 33.7. The quantitative estimate of drug-likeness (QED) is 0.162. The Morgan fingerprint density at radius 1 is 1.13 bits per heavy atom. The van der Waals surface area contributed by atoms with Crippen molar-refractivity contribution >= 4 is 62.0 Å². The standard InChI is InChI=1S/C30H29Cl2F2N5O6S2/c1-16-20-10-19(12-36-27(20)38(2)37-16)47(41,42)39-7-8-46-28(39)29(40)44-25(11-21-22(31)13-35-14-23(21)32)18-5-6-24(45-30(33)34)26(9-18)43-15-17-3-4-17/h5-6,9-10,12-14,17,25,28,30H,3-4,7-8,11,15H2,1-2H3/t25-,28-/m0/s1. The second kappa shape index (κ2) is 13.7. The van der Waals surface area contributed by atoms with Gasteiger partial charge in [-0.1, -0.05) is 29.3 Å². The molecule has 0 unspecified atom stereocenters. The van der Waals surface area contributed by atoms with E-state index in [0.29, 0.717) is 46.1 Å². The van der Waals surface area contributed by atoms with Crippen LogP contribution in [0.4, 0.5) is 8.78 Å². The average molecular weight is 729 g/mol. The molecule has 4 heterocycles. The SMILES string of the molecule is Cc1nn(C)c2ncc(S(=O)(=O)N3CCS[C@H]3C(=O)O[C@@H](Cc3c(Cl)cncc3Cl)c3ccc(OC(F)F)c(OCC4CC4)c3)cc12. The molecule has 6 rings (SSSR count). The van der Waals surface area contributed by atoms with E-state index in [1.165, 1.54) is 42.9 Å². The highest BCUT2D eigenvalue weighted by atomic mass is 35.5. The van der Waals surface area contributed by atoms with Crippen LogP contribution in [0, 0.1) is 12.8 Å². The Morgan fingerprint density at radius 3 is 2.57 bits per heavy atom. The van der Waals surface area contributed by atoms with Gasteiger partial charge in [-0.25, -0.2) is 18.2 Å². The van der Waals surface area contributed by atoms with Gasteiger partial charge in [0.15, 0.2) is 22.5 Å². The van der Waals surface area contributed by atoms with E-state index >= 15 is 0 Å². The predicted octanol–water partition coefficient (Wildman–Crippen LogP) is 5.96. The predicted molar refractivity (Wildman–Crippen MR) is 171 cm³/mol. The first-order chi connectivity index (χ1) is 22.4. The average Bonchev–Trinajstić information content (AvgIpc) is 3.63. The summed E-state index contributed by atoms with van der Waals surface area (Å²) in [4.78, 5) is 22.0. The lowest BCUT2D eigenvalue weighted by atomic mass is 10.0. The summed E-state index contributed by atoms with van der Waals surface area (Å²) in [5.74, 6) is -0.302. The lowest BCUT2D eigenvalue weighted by molar-refractivity contribution is -0.150. The van der Waals surface area contributed by atoms with Crippen LogP contribution in [0.25, 0.3) is 11.0 Å². The van der Waals surface area contributed by atoms with Crippen LogP contribution in [0.5, 0.6) is 11.5 Å². The lowest BCUT2D eigenvalue weighted by Crippen LogP contribution is -2.40. The number of aromatic nitrogens is 4. The zero-order valence-corrected chi connectivity index (χ0v) is 28.3. The van der Waals surface area contributed by atoms with Gasteiger partial charge in [0.2, 0.25) is 10.0 Å². The lowest BCUT2D eigenvalue weighted by Gasteiger charge is -2.26. The third kappa shape index (κ3) is 7.28. The molecule has 4 aromatic rings. The third-order valence-corrected chi connectivity index (χ3v) is 11.6. The molecule has 0 amide bonds. The summed E-state index contributed by atoms with van der Waals surface area (Å²) >= 11 is 13.9. The van der Waals surface area contributed by atoms with Gasteiger partial charge in [0.25, 0.3) is 0 Å². The van der Waals surface area contributed by atoms with Crippen molar-refractivity contribution in [2.75, 3.05) is 18.9 Å². The second-order valence-corrected chi connectivity index (χ2v) is 15.0. The number of thioether (sulfide) groups is 1. The minimum absolute atomic E-state index is 0.0337. The van der Waals surface area contributed by atoms with Gasteiger partial charge in [-0.3, -0.25) is 9.67 Å². The van der Waals surface area contributed by atoms with E-state index in [-0.39, 0.29) is 39.4 Å². The van der Waals surface area contributed by atoms with Gasteiger partial charge in [-0.2, -0.15) is 18.2 Å². The number of fused-ring (bicyclic) bond motifs is 1. The van der Waals surface area contributed by atoms with Crippen molar-refractivity contribution in [3.63, 3.8) is 0 Å². The second-order valence-electron chi connectivity index (χ2n) is 11.1. The summed E-state index contributed by atoms with van der Waals surface area (Å²) in [5, 5.41) is 4.09. The van der Waals surface area contributed by atoms with Gasteiger partial charge >= 0.3 is 12.6 Å². The molecule has 2 atom stereocenters. The largest absolute Gasteiger partial charge is 0.489 e. The van der Waals surface area contributed by atoms with Crippen molar-refractivity contribution in [2.24, 2.45) is 13.0 Å². The molecule has 11 nitrogen and oxygen atoms in total. The summed E-state index contributed by atoms with van der Waals surface area (Å²) in [6.07, 6.45) is 4.84. The van der Waals surface area contributed by atoms with Crippen molar-refractivity contribution in [3.8, 4) is 11.5 Å². The number of sulfonamides is 1. The number of alkyl halides is 2. The van der Waals surface area contributed by atoms with E-state index < -0.39 is 34.1 Å². The normalized spacial score (nSPS) is 17.7. The van der Waals surface area contributed by atoms with Crippen LogP contribution in [0.2, 0.25) is 10.0 Å². The van der Waals surface area contributed by atoms with Crippen LogP contribution in [-0.2, 0) is 33.0 Å². The Bertz CT molecular complexity index is 1910. The van der Waals surface area contributed by atoms with E-state index in [4.69, 9.17) is 32.7 Å². The summed E-state index contributed by atoms with van der Waals surface area (Å²) in [6.45, 7) is -0.970. The smallest absolute Gasteiger partial charge is 0.387 e. The Morgan fingerprint density at radius 2 is 1.87 bits per heavy atom. The molecule has 0 bridgehead atoms. The maximum absolute atomic E-state index is 13.9. The van der Waals surface area contributed by atoms with Crippen LogP contribution in [0.1, 0.15) is 35.8 Å². The van der Waals surface area contributed by atoms with Crippen molar-refractivity contribution in [1.29, 1.82) is 0 Å². The molecule has 2 fully saturated rings. The van der Waals surface area contributed by atoms with Gasteiger partial charge < -0.3 is 14.2 Å².